The molecule has 0 amide bonds. The van der Waals surface area contributed by atoms with Crippen molar-refractivity contribution >= 4 is 0 Å². The lowest BCUT2D eigenvalue weighted by atomic mass is 9.88. The van der Waals surface area contributed by atoms with Gasteiger partial charge in [0.1, 0.15) is 18.1 Å². The molecule has 1 aromatic heterocycles. The van der Waals surface area contributed by atoms with Crippen LogP contribution in [0.4, 0.5) is 0 Å². The monoisotopic (exact) mass is 277 g/mol. The summed E-state index contributed by atoms with van der Waals surface area (Å²) in [6.07, 6.45) is 8.22. The highest BCUT2D eigenvalue weighted by atomic mass is 16.5. The van der Waals surface area contributed by atoms with Crippen molar-refractivity contribution in [1.29, 1.82) is 0 Å². The second kappa shape index (κ2) is 6.31. The minimum atomic E-state index is 0.419. The third-order valence-electron chi connectivity index (χ3n) is 4.67. The lowest BCUT2D eigenvalue weighted by Crippen LogP contribution is -2.25. The van der Waals surface area contributed by atoms with Crippen LogP contribution < -0.4 is 5.32 Å². The van der Waals surface area contributed by atoms with E-state index in [9.17, 15) is 0 Å². The Morgan fingerprint density at radius 1 is 1.25 bits per heavy atom. The number of aryl methyl sites for hydroxylation is 1. The van der Waals surface area contributed by atoms with Crippen LogP contribution >= 0.6 is 0 Å². The van der Waals surface area contributed by atoms with E-state index in [1.807, 2.05) is 0 Å². The maximum absolute atomic E-state index is 6.07. The molecule has 112 valence electrons. The van der Waals surface area contributed by atoms with Gasteiger partial charge in [0.05, 0.1) is 12.6 Å². The minimum absolute atomic E-state index is 0.419. The van der Waals surface area contributed by atoms with Gasteiger partial charge in [0.15, 0.2) is 0 Å². The summed E-state index contributed by atoms with van der Waals surface area (Å²) in [5.74, 6) is 2.75. The van der Waals surface area contributed by atoms with E-state index < -0.39 is 0 Å². The Morgan fingerprint density at radius 2 is 2.05 bits per heavy atom. The third kappa shape index (κ3) is 3.64. The van der Waals surface area contributed by atoms with Crippen LogP contribution in [0, 0.1) is 12.8 Å². The summed E-state index contributed by atoms with van der Waals surface area (Å²) >= 11 is 0. The Bertz CT molecular complexity index is 436. The van der Waals surface area contributed by atoms with Crippen LogP contribution in [0.15, 0.2) is 10.5 Å². The van der Waals surface area contributed by atoms with Gasteiger partial charge in [-0.2, -0.15) is 0 Å². The van der Waals surface area contributed by atoms with Crippen molar-refractivity contribution in [3.63, 3.8) is 0 Å². The highest BCUT2D eigenvalue weighted by Crippen LogP contribution is 2.27. The van der Waals surface area contributed by atoms with Gasteiger partial charge in [-0.25, -0.2) is 0 Å². The second-order valence-corrected chi connectivity index (χ2v) is 6.59. The molecule has 2 aliphatic rings. The molecule has 3 rings (SSSR count). The van der Waals surface area contributed by atoms with Gasteiger partial charge in [-0.1, -0.05) is 19.8 Å². The molecule has 0 aliphatic heterocycles. The summed E-state index contributed by atoms with van der Waals surface area (Å²) in [6.45, 7) is 5.91. The Labute approximate surface area is 122 Å². The van der Waals surface area contributed by atoms with Gasteiger partial charge in [-0.15, -0.1) is 0 Å². The zero-order chi connectivity index (χ0) is 13.9. The summed E-state index contributed by atoms with van der Waals surface area (Å²) in [6, 6.07) is 2.86. The first-order valence-corrected chi connectivity index (χ1v) is 8.15. The first kappa shape index (κ1) is 14.2. The number of rotatable bonds is 6. The van der Waals surface area contributed by atoms with E-state index in [0.29, 0.717) is 18.6 Å². The molecule has 2 atom stereocenters. The molecule has 1 heterocycles. The predicted octanol–water partition coefficient (Wildman–Crippen LogP) is 3.94. The Kier molecular flexibility index (Phi) is 4.47. The molecule has 2 fully saturated rings. The lowest BCUT2D eigenvalue weighted by Gasteiger charge is -2.28. The van der Waals surface area contributed by atoms with Crippen LogP contribution in [0.5, 0.6) is 0 Å². The van der Waals surface area contributed by atoms with E-state index in [1.54, 1.807) is 0 Å². The number of hydrogen-bond acceptors (Lipinski definition) is 3. The molecule has 1 aromatic rings. The fraction of sp³-hybridized carbons (Fsp3) is 0.765. The molecule has 3 nitrogen and oxygen atoms in total. The smallest absolute Gasteiger partial charge is 0.130 e. The highest BCUT2D eigenvalue weighted by Gasteiger charge is 2.23. The van der Waals surface area contributed by atoms with Gasteiger partial charge in [-0.3, -0.25) is 0 Å². The Morgan fingerprint density at radius 3 is 2.80 bits per heavy atom. The predicted molar refractivity (Wildman–Crippen MR) is 79.5 cm³/mol. The van der Waals surface area contributed by atoms with Crippen molar-refractivity contribution in [2.24, 2.45) is 5.92 Å². The molecule has 0 radical (unpaired) electrons. The largest absolute Gasteiger partial charge is 0.462 e. The van der Waals surface area contributed by atoms with Crippen molar-refractivity contribution in [2.45, 2.75) is 77.7 Å². The van der Waals surface area contributed by atoms with Gasteiger partial charge >= 0.3 is 0 Å². The molecule has 2 unspecified atom stereocenters. The minimum Gasteiger partial charge on any atom is -0.462 e. The SMILES string of the molecule is Cc1cc(COC2CCCCC2C)oc1CNC1CC1. The average Bonchev–Trinajstić information content (AvgIpc) is 3.20. The van der Waals surface area contributed by atoms with Crippen LogP contribution in [0.1, 0.15) is 62.5 Å². The molecule has 3 heteroatoms. The molecule has 2 aliphatic carbocycles. The number of nitrogens with one attached hydrogen (secondary N) is 1. The lowest BCUT2D eigenvalue weighted by molar-refractivity contribution is -0.0222. The van der Waals surface area contributed by atoms with E-state index in [4.69, 9.17) is 9.15 Å². The van der Waals surface area contributed by atoms with Crippen molar-refractivity contribution < 1.29 is 9.15 Å². The topological polar surface area (TPSA) is 34.4 Å². The van der Waals surface area contributed by atoms with Crippen LogP contribution in [0.3, 0.4) is 0 Å². The normalized spacial score (nSPS) is 26.9. The van der Waals surface area contributed by atoms with E-state index in [-0.39, 0.29) is 0 Å². The summed E-state index contributed by atoms with van der Waals surface area (Å²) in [5.41, 5.74) is 1.24. The zero-order valence-corrected chi connectivity index (χ0v) is 12.8. The second-order valence-electron chi connectivity index (χ2n) is 6.59. The van der Waals surface area contributed by atoms with Gasteiger partial charge in [0.2, 0.25) is 0 Å². The first-order chi connectivity index (χ1) is 9.72. The van der Waals surface area contributed by atoms with Gasteiger partial charge < -0.3 is 14.5 Å². The molecule has 0 bridgehead atoms. The molecule has 0 aromatic carbocycles. The third-order valence-corrected chi connectivity index (χ3v) is 4.67. The van der Waals surface area contributed by atoms with Crippen LogP contribution in [-0.4, -0.2) is 12.1 Å². The fourth-order valence-corrected chi connectivity index (χ4v) is 3.08. The van der Waals surface area contributed by atoms with Crippen LogP contribution in [0.25, 0.3) is 0 Å². The number of ether oxygens (including phenoxy) is 1. The summed E-state index contributed by atoms with van der Waals surface area (Å²) < 4.78 is 12.0. The fourth-order valence-electron chi connectivity index (χ4n) is 3.08. The van der Waals surface area contributed by atoms with Crippen molar-refractivity contribution in [1.82, 2.24) is 5.32 Å². The molecule has 20 heavy (non-hydrogen) atoms. The van der Waals surface area contributed by atoms with E-state index in [1.165, 1.54) is 44.1 Å². The highest BCUT2D eigenvalue weighted by molar-refractivity contribution is 5.19. The van der Waals surface area contributed by atoms with Crippen molar-refractivity contribution in [3.05, 3.63) is 23.2 Å². The Hall–Kier alpha value is -0.800. The van der Waals surface area contributed by atoms with E-state index in [0.717, 1.165) is 24.1 Å². The maximum atomic E-state index is 6.07. The number of furan rings is 1. The van der Waals surface area contributed by atoms with Gasteiger partial charge in [-0.05, 0) is 50.2 Å². The van der Waals surface area contributed by atoms with Gasteiger partial charge in [0.25, 0.3) is 0 Å². The molecule has 0 spiro atoms. The number of hydrogen-bond donors (Lipinski definition) is 1. The quantitative estimate of drug-likeness (QED) is 0.855. The molecule has 0 saturated heterocycles. The van der Waals surface area contributed by atoms with E-state index >= 15 is 0 Å². The zero-order valence-electron chi connectivity index (χ0n) is 12.8. The van der Waals surface area contributed by atoms with Crippen molar-refractivity contribution in [2.75, 3.05) is 0 Å². The molecular formula is C17H27NO2. The summed E-state index contributed by atoms with van der Waals surface area (Å²) in [7, 11) is 0. The van der Waals surface area contributed by atoms with E-state index in [2.05, 4.69) is 25.2 Å². The molecule has 2 saturated carbocycles. The van der Waals surface area contributed by atoms with Gasteiger partial charge in [0, 0.05) is 6.04 Å². The maximum Gasteiger partial charge on any atom is 0.130 e. The average molecular weight is 277 g/mol. The first-order valence-electron chi connectivity index (χ1n) is 8.15. The van der Waals surface area contributed by atoms with Crippen LogP contribution in [-0.2, 0) is 17.9 Å². The van der Waals surface area contributed by atoms with Crippen LogP contribution in [0.2, 0.25) is 0 Å². The molecular weight excluding hydrogens is 250 g/mol. The standard InChI is InChI=1S/C17H27NO2/c1-12-5-3-4-6-16(12)19-11-15-9-13(2)17(20-15)10-18-14-7-8-14/h9,12,14,16,18H,3-8,10-11H2,1-2H3. The van der Waals surface area contributed by atoms with Crippen molar-refractivity contribution in [3.8, 4) is 0 Å². The Balaban J connectivity index is 1.50. The summed E-state index contributed by atoms with van der Waals surface area (Å²) in [5, 5.41) is 3.51. The summed E-state index contributed by atoms with van der Waals surface area (Å²) in [4.78, 5) is 0. The molecule has 1 N–H and O–H groups in total.